The van der Waals surface area contributed by atoms with E-state index in [2.05, 4.69) is 10.3 Å². The minimum absolute atomic E-state index is 0.0246. The van der Waals surface area contributed by atoms with Gasteiger partial charge in [-0.25, -0.2) is 13.2 Å². The summed E-state index contributed by atoms with van der Waals surface area (Å²) in [4.78, 5) is 16.2. The van der Waals surface area contributed by atoms with Gasteiger partial charge in [-0.3, -0.25) is 9.20 Å². The number of rotatable bonds is 3. The van der Waals surface area contributed by atoms with E-state index >= 15 is 0 Å². The molecule has 7 heteroatoms. The van der Waals surface area contributed by atoms with Crippen LogP contribution in [0.5, 0.6) is 0 Å². The lowest BCUT2D eigenvalue weighted by molar-refractivity contribution is 0.151. The molecule has 1 aromatic carbocycles. The lowest BCUT2D eigenvalue weighted by Gasteiger charge is -2.13. The van der Waals surface area contributed by atoms with E-state index in [9.17, 15) is 18.0 Å². The second-order valence-electron chi connectivity index (χ2n) is 4.86. The molecule has 0 radical (unpaired) electrons. The van der Waals surface area contributed by atoms with Crippen molar-refractivity contribution in [1.29, 1.82) is 0 Å². The van der Waals surface area contributed by atoms with Gasteiger partial charge in [-0.05, 0) is 18.2 Å². The highest BCUT2D eigenvalue weighted by Gasteiger charge is 2.18. The average molecular weight is 319 g/mol. The third kappa shape index (κ3) is 2.54. The van der Waals surface area contributed by atoms with E-state index in [1.807, 2.05) is 0 Å². The Kier molecular flexibility index (Phi) is 3.77. The lowest BCUT2D eigenvalue weighted by atomic mass is 10.0. The zero-order valence-electron chi connectivity index (χ0n) is 12.1. The Hall–Kier alpha value is -2.83. The highest BCUT2D eigenvalue weighted by Crippen LogP contribution is 2.28. The van der Waals surface area contributed by atoms with Gasteiger partial charge in [0.2, 0.25) is 5.95 Å². The van der Waals surface area contributed by atoms with Crippen molar-refractivity contribution in [1.82, 2.24) is 9.38 Å². The van der Waals surface area contributed by atoms with Crippen LogP contribution in [0.3, 0.4) is 0 Å². The third-order valence-electron chi connectivity index (χ3n) is 3.50. The van der Waals surface area contributed by atoms with Crippen molar-refractivity contribution < 1.29 is 13.2 Å². The van der Waals surface area contributed by atoms with Gasteiger partial charge in [-0.15, -0.1) is 0 Å². The third-order valence-corrected chi connectivity index (χ3v) is 3.50. The number of hydrogen-bond acceptors (Lipinski definition) is 3. The first-order valence-corrected chi connectivity index (χ1v) is 6.80. The summed E-state index contributed by atoms with van der Waals surface area (Å²) in [6, 6.07) is 8.08. The number of halogens is 3. The van der Waals surface area contributed by atoms with E-state index in [0.29, 0.717) is 0 Å². The van der Waals surface area contributed by atoms with Crippen LogP contribution in [0.4, 0.5) is 19.1 Å². The first-order valence-electron chi connectivity index (χ1n) is 6.80. The largest absolute Gasteiger partial charge is 0.358 e. The van der Waals surface area contributed by atoms with Gasteiger partial charge in [0.15, 0.2) is 0 Å². The monoisotopic (exact) mass is 319 g/mol. The number of anilines is 1. The van der Waals surface area contributed by atoms with Crippen LogP contribution in [0.1, 0.15) is 12.0 Å². The van der Waals surface area contributed by atoms with Gasteiger partial charge in [0.05, 0.1) is 11.1 Å². The molecule has 0 aliphatic heterocycles. The summed E-state index contributed by atoms with van der Waals surface area (Å²) in [6.45, 7) is 0. The van der Waals surface area contributed by atoms with Gasteiger partial charge < -0.3 is 5.32 Å². The summed E-state index contributed by atoms with van der Waals surface area (Å²) in [5.74, 6) is -0.432. The fourth-order valence-corrected chi connectivity index (χ4v) is 2.44. The van der Waals surface area contributed by atoms with Crippen molar-refractivity contribution in [2.24, 2.45) is 0 Å². The predicted molar refractivity (Wildman–Crippen MR) is 81.4 cm³/mol. The van der Waals surface area contributed by atoms with Gasteiger partial charge in [-0.2, -0.15) is 4.98 Å². The molecule has 0 bridgehead atoms. The van der Waals surface area contributed by atoms with E-state index in [1.54, 1.807) is 13.1 Å². The Balaban J connectivity index is 2.45. The topological polar surface area (TPSA) is 46.4 Å². The van der Waals surface area contributed by atoms with Crippen molar-refractivity contribution in [3.63, 3.8) is 0 Å². The van der Waals surface area contributed by atoms with Gasteiger partial charge in [0.25, 0.3) is 12.0 Å². The van der Waals surface area contributed by atoms with Gasteiger partial charge in [0.1, 0.15) is 5.82 Å². The summed E-state index contributed by atoms with van der Waals surface area (Å²) in [5, 5.41) is 2.72. The minimum Gasteiger partial charge on any atom is -0.358 e. The zero-order valence-corrected chi connectivity index (χ0v) is 12.1. The summed E-state index contributed by atoms with van der Waals surface area (Å²) in [5.41, 5.74) is -0.806. The predicted octanol–water partition coefficient (Wildman–Crippen LogP) is 3.48. The number of fused-ring (bicyclic) bond motifs is 1. The van der Waals surface area contributed by atoms with Crippen molar-refractivity contribution in [3.05, 3.63) is 64.3 Å². The van der Waals surface area contributed by atoms with E-state index in [1.165, 1.54) is 40.9 Å². The maximum absolute atomic E-state index is 14.1. The number of alkyl halides is 2. The maximum atomic E-state index is 14.1. The van der Waals surface area contributed by atoms with Crippen LogP contribution in [0.2, 0.25) is 0 Å². The Bertz CT molecular complexity index is 937. The first-order chi connectivity index (χ1) is 11.0. The van der Waals surface area contributed by atoms with Gasteiger partial charge in [0, 0.05) is 24.4 Å². The molecule has 2 heterocycles. The van der Waals surface area contributed by atoms with Crippen molar-refractivity contribution in [2.45, 2.75) is 6.43 Å². The summed E-state index contributed by atoms with van der Waals surface area (Å²) >= 11 is 0. The number of benzene rings is 1. The fourth-order valence-electron chi connectivity index (χ4n) is 2.44. The summed E-state index contributed by atoms with van der Waals surface area (Å²) < 4.78 is 41.5. The summed E-state index contributed by atoms with van der Waals surface area (Å²) in [6.07, 6.45) is -1.32. The molecule has 0 aliphatic carbocycles. The van der Waals surface area contributed by atoms with E-state index < -0.39 is 17.8 Å². The van der Waals surface area contributed by atoms with Crippen LogP contribution in [0.25, 0.3) is 16.6 Å². The van der Waals surface area contributed by atoms with Crippen LogP contribution in [0, 0.1) is 5.82 Å². The van der Waals surface area contributed by atoms with E-state index in [0.717, 1.165) is 0 Å². The number of aromatic nitrogens is 2. The molecule has 0 spiro atoms. The van der Waals surface area contributed by atoms with Crippen molar-refractivity contribution in [3.8, 4) is 11.1 Å². The molecule has 0 saturated carbocycles. The quantitative estimate of drug-likeness (QED) is 0.804. The SMILES string of the molecule is CNc1nc(=O)c(-c2ccccc2F)c2cc(C(F)F)ccn12. The van der Waals surface area contributed by atoms with E-state index in [4.69, 9.17) is 0 Å². The molecule has 3 aromatic rings. The molecule has 0 atom stereocenters. The highest BCUT2D eigenvalue weighted by atomic mass is 19.3. The van der Waals surface area contributed by atoms with Gasteiger partial charge >= 0.3 is 0 Å². The summed E-state index contributed by atoms with van der Waals surface area (Å²) in [7, 11) is 1.55. The smallest absolute Gasteiger partial charge is 0.283 e. The molecule has 0 fully saturated rings. The molecule has 0 saturated heterocycles. The van der Waals surface area contributed by atoms with Crippen molar-refractivity contribution in [2.75, 3.05) is 12.4 Å². The second-order valence-corrected chi connectivity index (χ2v) is 4.86. The molecule has 0 aliphatic rings. The van der Waals surface area contributed by atoms with Crippen LogP contribution in [-0.4, -0.2) is 16.4 Å². The molecule has 0 amide bonds. The highest BCUT2D eigenvalue weighted by molar-refractivity contribution is 5.81. The number of nitrogens with one attached hydrogen (secondary N) is 1. The standard InChI is InChI=1S/C16H12F3N3O/c1-20-16-21-15(23)13(10-4-2-3-5-11(10)17)12-8-9(14(18)19)6-7-22(12)16/h2-8,14H,1H3,(H,20,21,23). The zero-order chi connectivity index (χ0) is 16.6. The number of hydrogen-bond donors (Lipinski definition) is 1. The number of pyridine rings is 1. The minimum atomic E-state index is -2.70. The van der Waals surface area contributed by atoms with Crippen molar-refractivity contribution >= 4 is 11.5 Å². The molecule has 0 unspecified atom stereocenters. The maximum Gasteiger partial charge on any atom is 0.283 e. The Labute approximate surface area is 129 Å². The molecule has 2 aromatic heterocycles. The molecule has 3 rings (SSSR count). The molecular weight excluding hydrogens is 307 g/mol. The normalized spacial score (nSPS) is 11.2. The van der Waals surface area contributed by atoms with Crippen LogP contribution in [-0.2, 0) is 0 Å². The van der Waals surface area contributed by atoms with Crippen LogP contribution >= 0.6 is 0 Å². The second kappa shape index (κ2) is 5.75. The number of nitrogens with zero attached hydrogens (tertiary/aromatic N) is 2. The lowest BCUT2D eigenvalue weighted by Crippen LogP contribution is -2.17. The van der Waals surface area contributed by atoms with Crippen LogP contribution < -0.4 is 10.9 Å². The molecule has 118 valence electrons. The molecule has 4 nitrogen and oxygen atoms in total. The van der Waals surface area contributed by atoms with Crippen LogP contribution in [0.15, 0.2) is 47.4 Å². The first kappa shape index (κ1) is 15.1. The average Bonchev–Trinajstić information content (AvgIpc) is 2.54. The van der Waals surface area contributed by atoms with Gasteiger partial charge in [-0.1, -0.05) is 18.2 Å². The Morgan fingerprint density at radius 1 is 1.22 bits per heavy atom. The Morgan fingerprint density at radius 3 is 2.61 bits per heavy atom. The van der Waals surface area contributed by atoms with E-state index in [-0.39, 0.29) is 28.2 Å². The molecule has 23 heavy (non-hydrogen) atoms. The fraction of sp³-hybridized carbons (Fsp3) is 0.125. The molecular formula is C16H12F3N3O. The Morgan fingerprint density at radius 2 is 1.96 bits per heavy atom. The molecule has 1 N–H and O–H groups in total.